The van der Waals surface area contributed by atoms with Crippen LogP contribution in [0.3, 0.4) is 0 Å². The predicted molar refractivity (Wildman–Crippen MR) is 144 cm³/mol. The van der Waals surface area contributed by atoms with Gasteiger partial charge in [-0.25, -0.2) is 9.78 Å². The lowest BCUT2D eigenvalue weighted by atomic mass is 10.1. The smallest absolute Gasteiger partial charge is 0.323 e. The molecule has 1 aromatic heterocycles. The Morgan fingerprint density at radius 2 is 1.84 bits per heavy atom. The van der Waals surface area contributed by atoms with Crippen molar-refractivity contribution in [3.63, 3.8) is 0 Å². The van der Waals surface area contributed by atoms with Crippen LogP contribution in [0.2, 0.25) is 0 Å². The third-order valence-corrected chi connectivity index (χ3v) is 6.95. The van der Waals surface area contributed by atoms with Crippen molar-refractivity contribution in [3.05, 3.63) is 100 Å². The van der Waals surface area contributed by atoms with Gasteiger partial charge in [0.2, 0.25) is 5.91 Å². The summed E-state index contributed by atoms with van der Waals surface area (Å²) in [5.41, 5.74) is 3.18. The molecule has 0 radical (unpaired) electrons. The van der Waals surface area contributed by atoms with Crippen LogP contribution in [0.1, 0.15) is 33.5 Å². The number of anilines is 2. The maximum absolute atomic E-state index is 13.2. The molecule has 1 atom stereocenters. The molecule has 2 heterocycles. The molecule has 4 rings (SSSR count). The maximum Gasteiger partial charge on any atom is 0.323 e. The van der Waals surface area contributed by atoms with E-state index in [0.29, 0.717) is 18.5 Å². The number of aromatic nitrogens is 1. The van der Waals surface area contributed by atoms with Crippen molar-refractivity contribution in [3.8, 4) is 0 Å². The highest BCUT2D eigenvalue weighted by molar-refractivity contribution is 7.11. The van der Waals surface area contributed by atoms with Crippen LogP contribution in [0.5, 0.6) is 0 Å². The summed E-state index contributed by atoms with van der Waals surface area (Å²) >= 11 is 1.48. The van der Waals surface area contributed by atoms with Gasteiger partial charge in [0, 0.05) is 28.6 Å². The topological polar surface area (TPSA) is 101 Å². The Kier molecular flexibility index (Phi) is 8.48. The quantitative estimate of drug-likeness (QED) is 0.391. The van der Waals surface area contributed by atoms with Crippen molar-refractivity contribution in [2.24, 2.45) is 0 Å². The molecule has 3 amide bonds. The number of aryl methyl sites for hydroxylation is 2. The Hall–Kier alpha value is -4.24. The van der Waals surface area contributed by atoms with Crippen LogP contribution in [0.4, 0.5) is 16.2 Å². The van der Waals surface area contributed by atoms with Gasteiger partial charge in [-0.1, -0.05) is 42.5 Å². The summed E-state index contributed by atoms with van der Waals surface area (Å²) in [4.78, 5) is 44.1. The van der Waals surface area contributed by atoms with Crippen molar-refractivity contribution < 1.29 is 19.1 Å². The van der Waals surface area contributed by atoms with Gasteiger partial charge in [0.05, 0.1) is 20.0 Å². The van der Waals surface area contributed by atoms with Crippen LogP contribution in [0.15, 0.2) is 79.2 Å². The molecule has 2 N–H and O–H groups in total. The summed E-state index contributed by atoms with van der Waals surface area (Å²) in [6.07, 6.45) is 10.2. The number of nitrogens with one attached hydrogen (secondary N) is 2. The molecule has 0 bridgehead atoms. The van der Waals surface area contributed by atoms with Gasteiger partial charge in [0.25, 0.3) is 0 Å². The van der Waals surface area contributed by atoms with Crippen molar-refractivity contribution >= 4 is 40.6 Å². The number of methoxy groups -OCH3 is 1. The van der Waals surface area contributed by atoms with Gasteiger partial charge in [0.1, 0.15) is 11.0 Å². The molecule has 9 heteroatoms. The maximum atomic E-state index is 13.2. The average molecular weight is 517 g/mol. The van der Waals surface area contributed by atoms with E-state index >= 15 is 0 Å². The summed E-state index contributed by atoms with van der Waals surface area (Å²) in [6.45, 7) is 1.93. The van der Waals surface area contributed by atoms with E-state index in [2.05, 4.69) is 15.6 Å². The van der Waals surface area contributed by atoms with E-state index in [4.69, 9.17) is 4.74 Å². The van der Waals surface area contributed by atoms with E-state index in [-0.39, 0.29) is 30.4 Å². The SMILES string of the molecule is COC(=O)CCc1cnc(C2C=CC=CN2C(=O)Cc2ccc(NC(=O)Nc3ccccc3C)cc2)s1. The van der Waals surface area contributed by atoms with Crippen LogP contribution in [-0.4, -0.2) is 34.9 Å². The first-order chi connectivity index (χ1) is 17.9. The molecule has 190 valence electrons. The number of hydrogen-bond donors (Lipinski definition) is 2. The monoisotopic (exact) mass is 516 g/mol. The summed E-state index contributed by atoms with van der Waals surface area (Å²) in [5.74, 6) is -0.338. The number of amides is 3. The first-order valence-corrected chi connectivity index (χ1v) is 12.6. The van der Waals surface area contributed by atoms with E-state index < -0.39 is 0 Å². The molecule has 3 aromatic rings. The van der Waals surface area contributed by atoms with Crippen molar-refractivity contribution in [1.29, 1.82) is 0 Å². The first kappa shape index (κ1) is 25.8. The minimum Gasteiger partial charge on any atom is -0.469 e. The lowest BCUT2D eigenvalue weighted by molar-refractivity contribution is -0.140. The number of thiazole rings is 1. The zero-order valence-electron chi connectivity index (χ0n) is 20.6. The second kappa shape index (κ2) is 12.1. The van der Waals surface area contributed by atoms with Gasteiger partial charge in [0.15, 0.2) is 0 Å². The fourth-order valence-electron chi connectivity index (χ4n) is 3.81. The Morgan fingerprint density at radius 3 is 2.59 bits per heavy atom. The molecule has 1 aliphatic rings. The third-order valence-electron chi connectivity index (χ3n) is 5.83. The van der Waals surface area contributed by atoms with Crippen LogP contribution in [0, 0.1) is 6.92 Å². The molecular weight excluding hydrogens is 488 g/mol. The van der Waals surface area contributed by atoms with Gasteiger partial charge in [-0.05, 0) is 48.7 Å². The Balaban J connectivity index is 1.35. The predicted octanol–water partition coefficient (Wildman–Crippen LogP) is 5.40. The Bertz CT molecular complexity index is 1330. The molecular formula is C28H28N4O4S. The second-order valence-electron chi connectivity index (χ2n) is 8.48. The molecule has 2 aromatic carbocycles. The van der Waals surface area contributed by atoms with Crippen molar-refractivity contribution in [1.82, 2.24) is 9.88 Å². The number of nitrogens with zero attached hydrogens (tertiary/aromatic N) is 2. The van der Waals surface area contributed by atoms with E-state index in [1.165, 1.54) is 18.4 Å². The fourth-order valence-corrected chi connectivity index (χ4v) is 4.81. The molecule has 0 fully saturated rings. The number of benzene rings is 2. The number of para-hydroxylation sites is 1. The van der Waals surface area contributed by atoms with Crippen molar-refractivity contribution in [2.75, 3.05) is 17.7 Å². The van der Waals surface area contributed by atoms with Crippen molar-refractivity contribution in [2.45, 2.75) is 32.2 Å². The average Bonchev–Trinajstić information content (AvgIpc) is 3.38. The van der Waals surface area contributed by atoms with E-state index in [1.54, 1.807) is 29.4 Å². The lowest BCUT2D eigenvalue weighted by Crippen LogP contribution is -2.31. The van der Waals surface area contributed by atoms with Gasteiger partial charge in [-0.2, -0.15) is 0 Å². The van der Waals surface area contributed by atoms with E-state index in [0.717, 1.165) is 26.7 Å². The lowest BCUT2D eigenvalue weighted by Gasteiger charge is -2.27. The van der Waals surface area contributed by atoms with Crippen LogP contribution in [0.25, 0.3) is 0 Å². The number of allylic oxidation sites excluding steroid dienone is 2. The van der Waals surface area contributed by atoms with Crippen LogP contribution >= 0.6 is 11.3 Å². The second-order valence-corrected chi connectivity index (χ2v) is 9.63. The molecule has 1 aliphatic heterocycles. The highest BCUT2D eigenvalue weighted by Crippen LogP contribution is 2.30. The Labute approximate surface area is 219 Å². The molecule has 37 heavy (non-hydrogen) atoms. The molecule has 0 aliphatic carbocycles. The number of esters is 1. The first-order valence-electron chi connectivity index (χ1n) is 11.8. The standard InChI is InChI=1S/C28H28N4O4S/c1-19-7-3-4-8-23(19)31-28(35)30-21-12-10-20(11-13-21)17-25(33)32-16-6-5-9-24(32)27-29-18-22(37-27)14-15-26(34)36-2/h3-13,16,18,24H,14-15,17H2,1-2H3,(H2,30,31,35). The largest absolute Gasteiger partial charge is 0.469 e. The number of hydrogen-bond acceptors (Lipinski definition) is 6. The van der Waals surface area contributed by atoms with Gasteiger partial charge < -0.3 is 20.3 Å². The molecule has 0 saturated carbocycles. The summed E-state index contributed by atoms with van der Waals surface area (Å²) in [6, 6.07) is 14.1. The Morgan fingerprint density at radius 1 is 1.05 bits per heavy atom. The molecule has 1 unspecified atom stereocenters. The zero-order chi connectivity index (χ0) is 26.2. The van der Waals surface area contributed by atoms with E-state index in [1.807, 2.05) is 61.5 Å². The van der Waals surface area contributed by atoms with Crippen LogP contribution in [-0.2, 0) is 27.2 Å². The zero-order valence-corrected chi connectivity index (χ0v) is 21.5. The number of ether oxygens (including phenoxy) is 1. The van der Waals surface area contributed by atoms with Gasteiger partial charge in [-0.3, -0.25) is 9.59 Å². The number of rotatable bonds is 8. The normalized spacial score (nSPS) is 14.3. The minimum absolute atomic E-state index is 0.0742. The molecule has 8 nitrogen and oxygen atoms in total. The minimum atomic E-state index is -0.333. The van der Waals surface area contributed by atoms with Gasteiger partial charge >= 0.3 is 12.0 Å². The molecule has 0 spiro atoms. The number of carbonyl (C=O) groups is 3. The van der Waals surface area contributed by atoms with E-state index in [9.17, 15) is 14.4 Å². The number of urea groups is 1. The third kappa shape index (κ3) is 6.92. The highest BCUT2D eigenvalue weighted by Gasteiger charge is 2.25. The summed E-state index contributed by atoms with van der Waals surface area (Å²) in [5, 5.41) is 6.43. The molecule has 0 saturated heterocycles. The van der Waals surface area contributed by atoms with Crippen LogP contribution < -0.4 is 10.6 Å². The fraction of sp³-hybridized carbons (Fsp3) is 0.214. The highest BCUT2D eigenvalue weighted by atomic mass is 32.1. The number of carbonyl (C=O) groups excluding carboxylic acids is 3. The summed E-state index contributed by atoms with van der Waals surface area (Å²) in [7, 11) is 1.37. The van der Waals surface area contributed by atoms with Gasteiger partial charge in [-0.15, -0.1) is 11.3 Å². The summed E-state index contributed by atoms with van der Waals surface area (Å²) < 4.78 is 4.70.